The largest absolute Gasteiger partial charge is 0.420 e. The highest BCUT2D eigenvalue weighted by atomic mass is 79.9. The van der Waals surface area contributed by atoms with Crippen LogP contribution in [0.1, 0.15) is 5.56 Å². The molecule has 26 heavy (non-hydrogen) atoms. The second-order valence-corrected chi connectivity index (χ2v) is 7.32. The van der Waals surface area contributed by atoms with E-state index >= 15 is 0 Å². The van der Waals surface area contributed by atoms with E-state index in [1.807, 2.05) is 24.3 Å². The van der Waals surface area contributed by atoms with Crippen LogP contribution in [0.5, 0.6) is 0 Å². The Labute approximate surface area is 161 Å². The molecule has 0 saturated heterocycles. The molecule has 0 radical (unpaired) electrons. The maximum atomic E-state index is 13.3. The summed E-state index contributed by atoms with van der Waals surface area (Å²) in [5.74, 6) is 0.193. The Bertz CT molecular complexity index is 886. The fourth-order valence-electron chi connectivity index (χ4n) is 2.17. The third-order valence-corrected chi connectivity index (χ3v) is 5.06. The average Bonchev–Trinajstić information content (AvgIpc) is 2.61. The fraction of sp³-hybridized carbons (Fsp3) is 0.111. The summed E-state index contributed by atoms with van der Waals surface area (Å²) in [6, 6.07) is 16.2. The van der Waals surface area contributed by atoms with E-state index in [0.717, 1.165) is 28.1 Å². The molecule has 1 aromatic heterocycles. The van der Waals surface area contributed by atoms with Crippen molar-refractivity contribution >= 4 is 39.3 Å². The molecule has 8 heteroatoms. The molecule has 3 nitrogen and oxygen atoms in total. The van der Waals surface area contributed by atoms with Gasteiger partial charge in [0.15, 0.2) is 0 Å². The summed E-state index contributed by atoms with van der Waals surface area (Å²) in [6.45, 7) is 0. The molecular formula is C18H13BrF3N3S. The van der Waals surface area contributed by atoms with Gasteiger partial charge < -0.3 is 4.90 Å². The van der Waals surface area contributed by atoms with Gasteiger partial charge in [0.2, 0.25) is 5.95 Å². The van der Waals surface area contributed by atoms with Gasteiger partial charge in [-0.25, -0.2) is 9.97 Å². The predicted octanol–water partition coefficient (Wildman–Crippen LogP) is 6.18. The number of halogens is 4. The van der Waals surface area contributed by atoms with E-state index in [1.165, 1.54) is 0 Å². The Morgan fingerprint density at radius 1 is 1.00 bits per heavy atom. The van der Waals surface area contributed by atoms with E-state index in [9.17, 15) is 13.2 Å². The number of rotatable bonds is 4. The van der Waals surface area contributed by atoms with E-state index in [4.69, 9.17) is 0 Å². The first kappa shape index (κ1) is 18.7. The van der Waals surface area contributed by atoms with Crippen LogP contribution in [0.3, 0.4) is 0 Å². The molecule has 3 rings (SSSR count). The Hall–Kier alpha value is -2.06. The van der Waals surface area contributed by atoms with Crippen LogP contribution in [-0.4, -0.2) is 17.0 Å². The molecule has 0 amide bonds. The van der Waals surface area contributed by atoms with Crippen LogP contribution in [0, 0.1) is 0 Å². The molecule has 134 valence electrons. The Kier molecular flexibility index (Phi) is 5.52. The Balaban J connectivity index is 2.00. The first-order valence-corrected chi connectivity index (χ1v) is 9.12. The summed E-state index contributed by atoms with van der Waals surface area (Å²) in [4.78, 5) is 10.4. The van der Waals surface area contributed by atoms with Crippen molar-refractivity contribution in [1.29, 1.82) is 0 Å². The van der Waals surface area contributed by atoms with Crippen LogP contribution in [0.4, 0.5) is 24.8 Å². The third kappa shape index (κ3) is 4.37. The van der Waals surface area contributed by atoms with Gasteiger partial charge in [0.1, 0.15) is 10.6 Å². The van der Waals surface area contributed by atoms with Gasteiger partial charge in [-0.3, -0.25) is 0 Å². The molecule has 0 N–H and O–H groups in total. The summed E-state index contributed by atoms with van der Waals surface area (Å²) in [6.07, 6.45) is -3.69. The standard InChI is InChI=1S/C18H13BrF3N3S/c1-25(13-9-7-12(19)8-10-13)17-23-11-15(18(20,21)22)16(24-17)26-14-5-3-2-4-6-14/h2-11H,1H3. The van der Waals surface area contributed by atoms with Gasteiger partial charge in [0, 0.05) is 28.3 Å². The molecule has 0 fully saturated rings. The lowest BCUT2D eigenvalue weighted by Crippen LogP contribution is -2.16. The van der Waals surface area contributed by atoms with Crippen molar-refractivity contribution in [3.63, 3.8) is 0 Å². The van der Waals surface area contributed by atoms with Crippen molar-refractivity contribution in [2.45, 2.75) is 16.1 Å². The van der Waals surface area contributed by atoms with Gasteiger partial charge >= 0.3 is 6.18 Å². The van der Waals surface area contributed by atoms with Gasteiger partial charge in [-0.1, -0.05) is 45.9 Å². The Morgan fingerprint density at radius 2 is 1.65 bits per heavy atom. The normalized spacial score (nSPS) is 11.4. The molecule has 0 saturated carbocycles. The number of hydrogen-bond acceptors (Lipinski definition) is 4. The molecule has 0 spiro atoms. The summed E-state index contributed by atoms with van der Waals surface area (Å²) in [5.41, 5.74) is -0.0806. The van der Waals surface area contributed by atoms with E-state index in [1.54, 1.807) is 42.3 Å². The van der Waals surface area contributed by atoms with Crippen LogP contribution in [0.15, 0.2) is 75.2 Å². The molecule has 0 aliphatic rings. The molecule has 0 aliphatic carbocycles. The lowest BCUT2D eigenvalue weighted by molar-refractivity contribution is -0.140. The number of aromatic nitrogens is 2. The summed E-state index contributed by atoms with van der Waals surface area (Å²) >= 11 is 4.32. The van der Waals surface area contributed by atoms with Crippen molar-refractivity contribution in [3.8, 4) is 0 Å². The second kappa shape index (κ2) is 7.67. The topological polar surface area (TPSA) is 29.0 Å². The molecular weight excluding hydrogens is 427 g/mol. The van der Waals surface area contributed by atoms with Gasteiger partial charge in [-0.2, -0.15) is 13.2 Å². The lowest BCUT2D eigenvalue weighted by atomic mass is 10.3. The highest BCUT2D eigenvalue weighted by Crippen LogP contribution is 2.39. The maximum Gasteiger partial charge on any atom is 0.420 e. The monoisotopic (exact) mass is 439 g/mol. The minimum Gasteiger partial charge on any atom is -0.314 e. The van der Waals surface area contributed by atoms with E-state index in [0.29, 0.717) is 4.90 Å². The second-order valence-electron chi connectivity index (χ2n) is 5.34. The zero-order valence-electron chi connectivity index (χ0n) is 13.5. The Morgan fingerprint density at radius 3 is 2.27 bits per heavy atom. The zero-order valence-corrected chi connectivity index (χ0v) is 15.9. The molecule has 0 aliphatic heterocycles. The van der Waals surface area contributed by atoms with E-state index < -0.39 is 11.7 Å². The number of nitrogens with zero attached hydrogens (tertiary/aromatic N) is 3. The van der Waals surface area contributed by atoms with E-state index in [2.05, 4.69) is 25.9 Å². The third-order valence-electron chi connectivity index (χ3n) is 3.52. The molecule has 0 unspecified atom stereocenters. The fourth-order valence-corrected chi connectivity index (χ4v) is 3.36. The quantitative estimate of drug-likeness (QED) is 0.454. The van der Waals surface area contributed by atoms with Crippen molar-refractivity contribution < 1.29 is 13.2 Å². The molecule has 1 heterocycles. The van der Waals surface area contributed by atoms with Crippen LogP contribution in [0.2, 0.25) is 0 Å². The predicted molar refractivity (Wildman–Crippen MR) is 99.8 cm³/mol. The van der Waals surface area contributed by atoms with Gasteiger partial charge in [0.05, 0.1) is 0 Å². The molecule has 0 bridgehead atoms. The van der Waals surface area contributed by atoms with Crippen molar-refractivity contribution in [1.82, 2.24) is 9.97 Å². The van der Waals surface area contributed by atoms with Gasteiger partial charge in [-0.15, -0.1) is 0 Å². The molecule has 2 aromatic carbocycles. The first-order valence-electron chi connectivity index (χ1n) is 7.51. The molecule has 0 atom stereocenters. The van der Waals surface area contributed by atoms with Crippen LogP contribution < -0.4 is 4.90 Å². The first-order chi connectivity index (χ1) is 12.3. The highest BCUT2D eigenvalue weighted by Gasteiger charge is 2.35. The van der Waals surface area contributed by atoms with E-state index in [-0.39, 0.29) is 11.0 Å². The summed E-state index contributed by atoms with van der Waals surface area (Å²) < 4.78 is 40.9. The number of benzene rings is 2. The van der Waals surface area contributed by atoms with Crippen molar-refractivity contribution in [2.75, 3.05) is 11.9 Å². The number of hydrogen-bond donors (Lipinski definition) is 0. The van der Waals surface area contributed by atoms with Gasteiger partial charge in [0.25, 0.3) is 0 Å². The van der Waals surface area contributed by atoms with Gasteiger partial charge in [-0.05, 0) is 36.4 Å². The molecule has 3 aromatic rings. The number of anilines is 2. The number of alkyl halides is 3. The lowest BCUT2D eigenvalue weighted by Gasteiger charge is -2.19. The smallest absolute Gasteiger partial charge is 0.314 e. The minimum absolute atomic E-state index is 0.127. The zero-order chi connectivity index (χ0) is 18.7. The van der Waals surface area contributed by atoms with Crippen molar-refractivity contribution in [2.24, 2.45) is 0 Å². The highest BCUT2D eigenvalue weighted by molar-refractivity contribution is 9.10. The maximum absolute atomic E-state index is 13.3. The SMILES string of the molecule is CN(c1ccc(Br)cc1)c1ncc(C(F)(F)F)c(Sc2ccccc2)n1. The average molecular weight is 440 g/mol. The van der Waals surface area contributed by atoms with Crippen LogP contribution in [-0.2, 0) is 6.18 Å². The minimum atomic E-state index is -4.52. The summed E-state index contributed by atoms with van der Waals surface area (Å²) in [5, 5.41) is -0.127. The van der Waals surface area contributed by atoms with Crippen LogP contribution in [0.25, 0.3) is 0 Å². The van der Waals surface area contributed by atoms with Crippen LogP contribution >= 0.6 is 27.7 Å². The summed E-state index contributed by atoms with van der Waals surface area (Å²) in [7, 11) is 1.71. The van der Waals surface area contributed by atoms with Crippen molar-refractivity contribution in [3.05, 3.63) is 70.8 Å².